The normalized spacial score (nSPS) is 12.5. The number of carbonyl (C=O) groups is 1. The predicted molar refractivity (Wildman–Crippen MR) is 105 cm³/mol. The summed E-state index contributed by atoms with van der Waals surface area (Å²) in [6.07, 6.45) is 3.62. The summed E-state index contributed by atoms with van der Waals surface area (Å²) in [5, 5.41) is 3.78. The second-order valence-corrected chi connectivity index (χ2v) is 6.75. The third-order valence-electron chi connectivity index (χ3n) is 4.95. The van der Waals surface area contributed by atoms with E-state index in [9.17, 15) is 9.59 Å². The van der Waals surface area contributed by atoms with Gasteiger partial charge in [0.05, 0.1) is 19.6 Å². The Morgan fingerprint density at radius 2 is 2.04 bits per heavy atom. The van der Waals surface area contributed by atoms with Crippen molar-refractivity contribution in [3.05, 3.63) is 40.3 Å². The first-order valence-electron chi connectivity index (χ1n) is 9.64. The molecule has 0 saturated heterocycles. The largest absolute Gasteiger partial charge is 0.349 e. The summed E-state index contributed by atoms with van der Waals surface area (Å²) in [5.74, 6) is -0.300. The smallest absolute Gasteiger partial charge is 0.265 e. The molecule has 26 heavy (non-hydrogen) atoms. The number of hydrogen-bond donors (Lipinski definition) is 2. The second-order valence-electron chi connectivity index (χ2n) is 6.75. The van der Waals surface area contributed by atoms with E-state index in [0.29, 0.717) is 12.2 Å². The van der Waals surface area contributed by atoms with Crippen LogP contribution < -0.4 is 15.8 Å². The number of rotatable bonds is 9. The molecule has 0 bridgehead atoms. The van der Waals surface area contributed by atoms with E-state index in [1.165, 1.54) is 0 Å². The molecule has 6 nitrogen and oxygen atoms in total. The minimum absolute atomic E-state index is 0.0385. The zero-order valence-electron chi connectivity index (χ0n) is 16.3. The van der Waals surface area contributed by atoms with Crippen LogP contribution in [-0.2, 0) is 6.54 Å². The number of quaternary nitrogens is 1. The Morgan fingerprint density at radius 1 is 1.31 bits per heavy atom. The van der Waals surface area contributed by atoms with Gasteiger partial charge in [-0.05, 0) is 58.7 Å². The van der Waals surface area contributed by atoms with Crippen LogP contribution in [0.3, 0.4) is 0 Å². The number of carbonyl (C=O) groups excluding carboxylic acids is 1. The Labute approximate surface area is 155 Å². The van der Waals surface area contributed by atoms with Gasteiger partial charge in [-0.15, -0.1) is 0 Å². The van der Waals surface area contributed by atoms with Crippen LogP contribution in [0.2, 0.25) is 0 Å². The average molecular weight is 359 g/mol. The maximum atomic E-state index is 12.7. The molecule has 0 aliphatic carbocycles. The molecule has 0 saturated carbocycles. The lowest BCUT2D eigenvalue weighted by molar-refractivity contribution is -0.896. The van der Waals surface area contributed by atoms with Crippen molar-refractivity contribution in [1.29, 1.82) is 0 Å². The first-order valence-corrected chi connectivity index (χ1v) is 9.64. The number of pyridine rings is 2. The highest BCUT2D eigenvalue weighted by atomic mass is 16.2. The molecule has 2 aromatic rings. The van der Waals surface area contributed by atoms with E-state index in [-0.39, 0.29) is 23.1 Å². The van der Waals surface area contributed by atoms with E-state index in [1.54, 1.807) is 21.7 Å². The van der Waals surface area contributed by atoms with Crippen molar-refractivity contribution in [3.8, 4) is 0 Å². The van der Waals surface area contributed by atoms with E-state index >= 15 is 0 Å². The third-order valence-corrected chi connectivity index (χ3v) is 4.95. The molecule has 0 radical (unpaired) electrons. The quantitative estimate of drug-likeness (QED) is 0.708. The van der Waals surface area contributed by atoms with Gasteiger partial charge in [0.1, 0.15) is 11.2 Å². The van der Waals surface area contributed by atoms with Crippen LogP contribution >= 0.6 is 0 Å². The maximum Gasteiger partial charge on any atom is 0.265 e. The third kappa shape index (κ3) is 4.69. The molecule has 1 amide bonds. The molecule has 0 aromatic carbocycles. The molecule has 142 valence electrons. The summed E-state index contributed by atoms with van der Waals surface area (Å²) in [6.45, 7) is 12.1. The molecule has 2 aromatic heterocycles. The van der Waals surface area contributed by atoms with Gasteiger partial charge in [0.2, 0.25) is 0 Å². The van der Waals surface area contributed by atoms with Gasteiger partial charge in [-0.3, -0.25) is 14.2 Å². The minimum atomic E-state index is -0.300. The van der Waals surface area contributed by atoms with Crippen LogP contribution in [-0.4, -0.2) is 41.1 Å². The summed E-state index contributed by atoms with van der Waals surface area (Å²) in [5.41, 5.74) is 0.524. The van der Waals surface area contributed by atoms with Crippen LogP contribution in [0.4, 0.5) is 0 Å². The van der Waals surface area contributed by atoms with Crippen LogP contribution in [0.25, 0.3) is 11.0 Å². The SMILES string of the molecule is CCn1c(=O)c(C(=O)N[C@@H](C)CCC[NH+](CC)CC)cc2cccnc21. The summed E-state index contributed by atoms with van der Waals surface area (Å²) in [4.78, 5) is 31.2. The van der Waals surface area contributed by atoms with E-state index < -0.39 is 0 Å². The standard InChI is InChI=1S/C20H30N4O2/c1-5-23(6-2)13-9-10-15(4)22-19(25)17-14-16-11-8-12-21-18(16)24(7-3)20(17)26/h8,11-12,14-15H,5-7,9-10,13H2,1-4H3,(H,22,25)/p+1/t15-/m0/s1. The lowest BCUT2D eigenvalue weighted by atomic mass is 10.1. The van der Waals surface area contributed by atoms with E-state index in [2.05, 4.69) is 24.1 Å². The van der Waals surface area contributed by atoms with Gasteiger partial charge < -0.3 is 10.2 Å². The van der Waals surface area contributed by atoms with Crippen molar-refractivity contribution in [2.45, 2.75) is 53.1 Å². The van der Waals surface area contributed by atoms with Crippen molar-refractivity contribution < 1.29 is 9.69 Å². The molecule has 1 atom stereocenters. The number of hydrogen-bond acceptors (Lipinski definition) is 3. The van der Waals surface area contributed by atoms with Gasteiger partial charge >= 0.3 is 0 Å². The summed E-state index contributed by atoms with van der Waals surface area (Å²) in [7, 11) is 0. The molecule has 2 heterocycles. The lowest BCUT2D eigenvalue weighted by Crippen LogP contribution is -3.11. The highest BCUT2D eigenvalue weighted by molar-refractivity contribution is 5.97. The molecular weight excluding hydrogens is 328 g/mol. The summed E-state index contributed by atoms with van der Waals surface area (Å²) in [6, 6.07) is 5.38. The first-order chi connectivity index (χ1) is 12.5. The Balaban J connectivity index is 2.10. The molecule has 2 N–H and O–H groups in total. The highest BCUT2D eigenvalue weighted by Crippen LogP contribution is 2.11. The number of nitrogens with zero attached hydrogens (tertiary/aromatic N) is 2. The van der Waals surface area contributed by atoms with Crippen molar-refractivity contribution in [1.82, 2.24) is 14.9 Å². The molecule has 0 aliphatic rings. The zero-order valence-corrected chi connectivity index (χ0v) is 16.3. The van der Waals surface area contributed by atoms with Gasteiger partial charge in [-0.25, -0.2) is 4.98 Å². The van der Waals surface area contributed by atoms with Gasteiger partial charge in [0, 0.05) is 24.2 Å². The molecule has 6 heteroatoms. The average Bonchev–Trinajstić information content (AvgIpc) is 2.64. The Morgan fingerprint density at radius 3 is 2.69 bits per heavy atom. The summed E-state index contributed by atoms with van der Waals surface area (Å²) < 4.78 is 1.55. The molecule has 2 rings (SSSR count). The van der Waals surface area contributed by atoms with Crippen molar-refractivity contribution in [2.75, 3.05) is 19.6 Å². The molecule has 0 aliphatic heterocycles. The van der Waals surface area contributed by atoms with Gasteiger partial charge in [-0.2, -0.15) is 0 Å². The Bertz CT molecular complexity index is 796. The van der Waals surface area contributed by atoms with Crippen LogP contribution in [0, 0.1) is 0 Å². The van der Waals surface area contributed by atoms with Crippen LogP contribution in [0.5, 0.6) is 0 Å². The van der Waals surface area contributed by atoms with Crippen molar-refractivity contribution in [2.24, 2.45) is 0 Å². The number of amides is 1. The monoisotopic (exact) mass is 359 g/mol. The Kier molecular flexibility index (Phi) is 7.33. The van der Waals surface area contributed by atoms with Crippen LogP contribution in [0.15, 0.2) is 29.2 Å². The summed E-state index contributed by atoms with van der Waals surface area (Å²) >= 11 is 0. The van der Waals surface area contributed by atoms with Gasteiger partial charge in [0.25, 0.3) is 11.5 Å². The van der Waals surface area contributed by atoms with Gasteiger partial charge in [0.15, 0.2) is 0 Å². The molecule has 0 fully saturated rings. The topological polar surface area (TPSA) is 68.4 Å². The minimum Gasteiger partial charge on any atom is -0.349 e. The van der Waals surface area contributed by atoms with E-state index in [1.807, 2.05) is 26.0 Å². The number of nitrogens with one attached hydrogen (secondary N) is 2. The first kappa shape index (κ1) is 20.1. The van der Waals surface area contributed by atoms with Crippen molar-refractivity contribution in [3.63, 3.8) is 0 Å². The van der Waals surface area contributed by atoms with E-state index in [0.717, 1.165) is 37.9 Å². The van der Waals surface area contributed by atoms with Crippen LogP contribution in [0.1, 0.15) is 50.9 Å². The molecule has 0 spiro atoms. The number of aromatic nitrogens is 2. The van der Waals surface area contributed by atoms with Crippen molar-refractivity contribution >= 4 is 16.9 Å². The zero-order chi connectivity index (χ0) is 19.1. The van der Waals surface area contributed by atoms with Gasteiger partial charge in [-0.1, -0.05) is 0 Å². The Hall–Kier alpha value is -2.21. The molecular formula is C20H31N4O2+. The number of aryl methyl sites for hydroxylation is 1. The predicted octanol–water partition coefficient (Wildman–Crippen LogP) is 1.24. The fourth-order valence-electron chi connectivity index (χ4n) is 3.30. The fraction of sp³-hybridized carbons (Fsp3) is 0.550. The number of fused-ring (bicyclic) bond motifs is 1. The maximum absolute atomic E-state index is 12.7. The lowest BCUT2D eigenvalue weighted by Gasteiger charge is -2.18. The second kappa shape index (κ2) is 9.48. The molecule has 0 unspecified atom stereocenters. The van der Waals surface area contributed by atoms with E-state index in [4.69, 9.17) is 0 Å². The highest BCUT2D eigenvalue weighted by Gasteiger charge is 2.17. The fourth-order valence-corrected chi connectivity index (χ4v) is 3.30.